The highest BCUT2D eigenvalue weighted by Crippen LogP contribution is 2.27. The predicted octanol–water partition coefficient (Wildman–Crippen LogP) is 0.343. The van der Waals surface area contributed by atoms with Crippen LogP contribution in [0.1, 0.15) is 19.3 Å². The zero-order valence-corrected chi connectivity index (χ0v) is 8.11. The average molecular weight is 196 g/mol. The van der Waals surface area contributed by atoms with Gasteiger partial charge in [-0.2, -0.15) is 5.10 Å². The number of anilines is 2. The minimum absolute atomic E-state index is 0.185. The van der Waals surface area contributed by atoms with Gasteiger partial charge in [0.2, 0.25) is 0 Å². The minimum Gasteiger partial charge on any atom is -0.394 e. The SMILES string of the molecule is Nc1[nH]ncc1N1CCCCC1CO. The third-order valence-electron chi connectivity index (χ3n) is 2.80. The predicted molar refractivity (Wildman–Crippen MR) is 55.1 cm³/mol. The Kier molecular flexibility index (Phi) is 2.58. The molecular weight excluding hydrogens is 180 g/mol. The molecule has 1 aromatic rings. The number of nitrogens with one attached hydrogen (secondary N) is 1. The summed E-state index contributed by atoms with van der Waals surface area (Å²) in [5, 5.41) is 15.8. The van der Waals surface area contributed by atoms with E-state index in [2.05, 4.69) is 15.1 Å². The van der Waals surface area contributed by atoms with Crippen molar-refractivity contribution in [1.82, 2.24) is 10.2 Å². The first kappa shape index (κ1) is 9.33. The molecule has 0 spiro atoms. The quantitative estimate of drug-likeness (QED) is 0.637. The van der Waals surface area contributed by atoms with Gasteiger partial charge >= 0.3 is 0 Å². The monoisotopic (exact) mass is 196 g/mol. The first-order valence-electron chi connectivity index (χ1n) is 4.99. The number of piperidine rings is 1. The van der Waals surface area contributed by atoms with Crippen LogP contribution in [0.15, 0.2) is 6.20 Å². The number of nitrogens with zero attached hydrogens (tertiary/aromatic N) is 2. The highest BCUT2D eigenvalue weighted by molar-refractivity contribution is 5.62. The van der Waals surface area contributed by atoms with Crippen molar-refractivity contribution >= 4 is 11.5 Å². The van der Waals surface area contributed by atoms with Crippen LogP contribution in [-0.4, -0.2) is 34.5 Å². The zero-order chi connectivity index (χ0) is 9.97. The summed E-state index contributed by atoms with van der Waals surface area (Å²) in [6.45, 7) is 1.14. The average Bonchev–Trinajstić information content (AvgIpc) is 2.64. The molecule has 1 aliphatic rings. The molecule has 5 nitrogen and oxygen atoms in total. The number of hydrogen-bond acceptors (Lipinski definition) is 4. The summed E-state index contributed by atoms with van der Waals surface area (Å²) in [5.74, 6) is 0.588. The van der Waals surface area contributed by atoms with Crippen molar-refractivity contribution < 1.29 is 5.11 Å². The molecule has 5 heteroatoms. The molecule has 0 aromatic carbocycles. The van der Waals surface area contributed by atoms with Crippen molar-refractivity contribution in [1.29, 1.82) is 0 Å². The van der Waals surface area contributed by atoms with Crippen LogP contribution in [0.4, 0.5) is 11.5 Å². The summed E-state index contributed by atoms with van der Waals surface area (Å²) >= 11 is 0. The van der Waals surface area contributed by atoms with Crippen molar-refractivity contribution in [2.75, 3.05) is 23.8 Å². The first-order valence-corrected chi connectivity index (χ1v) is 4.99. The van der Waals surface area contributed by atoms with E-state index in [0.717, 1.165) is 25.1 Å². The maximum absolute atomic E-state index is 9.24. The molecule has 0 bridgehead atoms. The summed E-state index contributed by atoms with van der Waals surface area (Å²) in [6, 6.07) is 0.198. The molecule has 0 radical (unpaired) electrons. The summed E-state index contributed by atoms with van der Waals surface area (Å²) < 4.78 is 0. The maximum Gasteiger partial charge on any atom is 0.142 e. The summed E-state index contributed by atoms with van der Waals surface area (Å²) in [7, 11) is 0. The smallest absolute Gasteiger partial charge is 0.142 e. The van der Waals surface area contributed by atoms with Crippen LogP contribution in [-0.2, 0) is 0 Å². The number of H-pyrrole nitrogens is 1. The van der Waals surface area contributed by atoms with Gasteiger partial charge in [0, 0.05) is 6.54 Å². The van der Waals surface area contributed by atoms with Crippen molar-refractivity contribution in [2.24, 2.45) is 0 Å². The molecule has 2 rings (SSSR count). The lowest BCUT2D eigenvalue weighted by molar-refractivity contribution is 0.240. The Hall–Kier alpha value is -1.23. The summed E-state index contributed by atoms with van der Waals surface area (Å²) in [5.41, 5.74) is 6.67. The van der Waals surface area contributed by atoms with E-state index in [4.69, 9.17) is 5.73 Å². The van der Waals surface area contributed by atoms with Crippen LogP contribution in [0.2, 0.25) is 0 Å². The fraction of sp³-hybridized carbons (Fsp3) is 0.667. The minimum atomic E-state index is 0.185. The normalized spacial score (nSPS) is 22.6. The fourth-order valence-electron chi connectivity index (χ4n) is 2.03. The number of nitrogens with two attached hydrogens (primary N) is 1. The summed E-state index contributed by atoms with van der Waals surface area (Å²) in [4.78, 5) is 2.14. The number of aliphatic hydroxyl groups is 1. The number of rotatable bonds is 2. The van der Waals surface area contributed by atoms with Gasteiger partial charge in [0.15, 0.2) is 0 Å². The van der Waals surface area contributed by atoms with Gasteiger partial charge in [-0.05, 0) is 19.3 Å². The molecule has 1 aliphatic heterocycles. The molecule has 78 valence electrons. The molecule has 0 aliphatic carbocycles. The van der Waals surface area contributed by atoms with Gasteiger partial charge in [-0.25, -0.2) is 0 Å². The number of nitrogen functional groups attached to an aromatic ring is 1. The van der Waals surface area contributed by atoms with Gasteiger partial charge in [-0.15, -0.1) is 0 Å². The van der Waals surface area contributed by atoms with Crippen molar-refractivity contribution in [3.63, 3.8) is 0 Å². The molecule has 1 saturated heterocycles. The highest BCUT2D eigenvalue weighted by atomic mass is 16.3. The van der Waals surface area contributed by atoms with Crippen LogP contribution in [0.25, 0.3) is 0 Å². The Bertz CT molecular complexity index is 299. The molecule has 0 saturated carbocycles. The number of aromatic nitrogens is 2. The second-order valence-electron chi connectivity index (χ2n) is 3.69. The number of hydrogen-bond donors (Lipinski definition) is 3. The molecule has 1 aromatic heterocycles. The van der Waals surface area contributed by atoms with Crippen LogP contribution in [0, 0.1) is 0 Å². The van der Waals surface area contributed by atoms with E-state index in [1.807, 2.05) is 0 Å². The molecular formula is C9H16N4O. The van der Waals surface area contributed by atoms with Gasteiger partial charge in [-0.3, -0.25) is 5.10 Å². The van der Waals surface area contributed by atoms with Crippen molar-refractivity contribution in [2.45, 2.75) is 25.3 Å². The second kappa shape index (κ2) is 3.88. The van der Waals surface area contributed by atoms with Gasteiger partial charge in [-0.1, -0.05) is 0 Å². The molecule has 1 fully saturated rings. The Morgan fingerprint density at radius 2 is 2.50 bits per heavy atom. The molecule has 1 unspecified atom stereocenters. The number of aromatic amines is 1. The van der Waals surface area contributed by atoms with Crippen molar-refractivity contribution in [3.8, 4) is 0 Å². The van der Waals surface area contributed by atoms with Crippen LogP contribution in [0.5, 0.6) is 0 Å². The van der Waals surface area contributed by atoms with E-state index >= 15 is 0 Å². The lowest BCUT2D eigenvalue weighted by Crippen LogP contribution is -2.42. The Morgan fingerprint density at radius 3 is 3.14 bits per heavy atom. The van der Waals surface area contributed by atoms with E-state index < -0.39 is 0 Å². The lowest BCUT2D eigenvalue weighted by Gasteiger charge is -2.35. The Labute approximate surface area is 82.9 Å². The molecule has 2 heterocycles. The standard InChI is InChI=1S/C9H16N4O/c10-9-8(5-11-12-9)13-4-2-1-3-7(13)6-14/h5,7,14H,1-4,6H2,(H3,10,11,12). The molecule has 0 amide bonds. The molecule has 4 N–H and O–H groups in total. The molecule has 14 heavy (non-hydrogen) atoms. The van der Waals surface area contributed by atoms with Gasteiger partial charge in [0.25, 0.3) is 0 Å². The van der Waals surface area contributed by atoms with E-state index in [9.17, 15) is 5.11 Å². The van der Waals surface area contributed by atoms with Crippen LogP contribution < -0.4 is 10.6 Å². The Balaban J connectivity index is 2.19. The van der Waals surface area contributed by atoms with Gasteiger partial charge in [0.1, 0.15) is 5.82 Å². The van der Waals surface area contributed by atoms with E-state index in [1.165, 1.54) is 6.42 Å². The van der Waals surface area contributed by atoms with Gasteiger partial charge < -0.3 is 15.7 Å². The topological polar surface area (TPSA) is 78.2 Å². The largest absolute Gasteiger partial charge is 0.394 e. The summed E-state index contributed by atoms with van der Waals surface area (Å²) in [6.07, 6.45) is 5.09. The lowest BCUT2D eigenvalue weighted by atomic mass is 10.0. The maximum atomic E-state index is 9.24. The molecule has 1 atom stereocenters. The third kappa shape index (κ3) is 1.55. The van der Waals surface area contributed by atoms with E-state index in [1.54, 1.807) is 6.20 Å². The van der Waals surface area contributed by atoms with E-state index in [-0.39, 0.29) is 12.6 Å². The fourth-order valence-corrected chi connectivity index (χ4v) is 2.03. The zero-order valence-electron chi connectivity index (χ0n) is 8.11. The second-order valence-corrected chi connectivity index (χ2v) is 3.69. The van der Waals surface area contributed by atoms with Gasteiger partial charge in [0.05, 0.1) is 24.5 Å². The first-order chi connectivity index (χ1) is 6.83. The highest BCUT2D eigenvalue weighted by Gasteiger charge is 2.23. The van der Waals surface area contributed by atoms with E-state index in [0.29, 0.717) is 5.82 Å². The van der Waals surface area contributed by atoms with Crippen LogP contribution in [0.3, 0.4) is 0 Å². The van der Waals surface area contributed by atoms with Crippen LogP contribution >= 0.6 is 0 Å². The Morgan fingerprint density at radius 1 is 1.64 bits per heavy atom. The van der Waals surface area contributed by atoms with Crippen molar-refractivity contribution in [3.05, 3.63) is 6.20 Å². The third-order valence-corrected chi connectivity index (χ3v) is 2.80. The number of aliphatic hydroxyl groups excluding tert-OH is 1.